The Morgan fingerprint density at radius 1 is 1.47 bits per heavy atom. The van der Waals surface area contributed by atoms with Crippen molar-refractivity contribution in [2.75, 3.05) is 13.1 Å². The van der Waals surface area contributed by atoms with Gasteiger partial charge in [-0.15, -0.1) is 0 Å². The number of hydrogen-bond donors (Lipinski definition) is 2. The summed E-state index contributed by atoms with van der Waals surface area (Å²) in [5, 5.41) is 11.9. The summed E-state index contributed by atoms with van der Waals surface area (Å²) in [6.07, 6.45) is 3.12. The number of urea groups is 1. The van der Waals surface area contributed by atoms with E-state index in [0.717, 1.165) is 19.3 Å². The van der Waals surface area contributed by atoms with E-state index in [9.17, 15) is 9.59 Å². The van der Waals surface area contributed by atoms with Crippen molar-refractivity contribution < 1.29 is 14.7 Å². The van der Waals surface area contributed by atoms with Gasteiger partial charge < -0.3 is 15.3 Å². The second-order valence-electron chi connectivity index (χ2n) is 6.33. The Hall–Kier alpha value is -1.26. The van der Waals surface area contributed by atoms with Crippen LogP contribution >= 0.6 is 0 Å². The molecule has 2 unspecified atom stereocenters. The standard InChI is InChI=1S/C14H26N2O3/c1-5-16(9-10(2)12(17)18)13(19)15-11-6-7-14(3,4)8-11/h10-11H,5-9H2,1-4H3,(H,15,19)(H,17,18). The minimum absolute atomic E-state index is 0.140. The first kappa shape index (κ1) is 15.8. The molecular weight excluding hydrogens is 244 g/mol. The van der Waals surface area contributed by atoms with E-state index in [1.165, 1.54) is 0 Å². The van der Waals surface area contributed by atoms with Crippen LogP contribution in [-0.4, -0.2) is 41.1 Å². The van der Waals surface area contributed by atoms with E-state index in [-0.39, 0.29) is 18.6 Å². The summed E-state index contributed by atoms with van der Waals surface area (Å²) in [7, 11) is 0. The molecule has 0 aliphatic heterocycles. The fraction of sp³-hybridized carbons (Fsp3) is 0.857. The Morgan fingerprint density at radius 2 is 2.11 bits per heavy atom. The summed E-state index contributed by atoms with van der Waals surface area (Å²) in [5.41, 5.74) is 0.295. The van der Waals surface area contributed by atoms with E-state index >= 15 is 0 Å². The molecule has 1 saturated carbocycles. The number of carboxylic acid groups (broad SMARTS) is 1. The number of nitrogens with one attached hydrogen (secondary N) is 1. The zero-order valence-electron chi connectivity index (χ0n) is 12.4. The van der Waals surface area contributed by atoms with Crippen LogP contribution in [0.15, 0.2) is 0 Å². The van der Waals surface area contributed by atoms with Gasteiger partial charge in [-0.1, -0.05) is 20.8 Å². The van der Waals surface area contributed by atoms with Gasteiger partial charge in [-0.25, -0.2) is 4.79 Å². The van der Waals surface area contributed by atoms with Crippen LogP contribution in [0.4, 0.5) is 4.79 Å². The summed E-state index contributed by atoms with van der Waals surface area (Å²) in [6, 6.07) is 0.0787. The summed E-state index contributed by atoms with van der Waals surface area (Å²) in [6.45, 7) is 8.70. The fourth-order valence-corrected chi connectivity index (χ4v) is 2.59. The van der Waals surface area contributed by atoms with Crippen molar-refractivity contribution in [1.29, 1.82) is 0 Å². The minimum atomic E-state index is -0.867. The second kappa shape index (κ2) is 6.26. The maximum absolute atomic E-state index is 12.1. The summed E-state index contributed by atoms with van der Waals surface area (Å²) < 4.78 is 0. The Bertz CT molecular complexity index is 342. The number of amides is 2. The SMILES string of the molecule is CCN(CC(C)C(=O)O)C(=O)NC1CCC(C)(C)C1. The average molecular weight is 270 g/mol. The number of hydrogen-bond acceptors (Lipinski definition) is 2. The normalized spacial score (nSPS) is 22.8. The van der Waals surface area contributed by atoms with Gasteiger partial charge in [0, 0.05) is 19.1 Å². The molecule has 1 aliphatic carbocycles. The van der Waals surface area contributed by atoms with Crippen molar-refractivity contribution in [3.05, 3.63) is 0 Å². The van der Waals surface area contributed by atoms with Crippen molar-refractivity contribution in [3.8, 4) is 0 Å². The molecule has 1 rings (SSSR count). The molecule has 0 radical (unpaired) electrons. The molecule has 1 fully saturated rings. The predicted octanol–water partition coefficient (Wildman–Crippen LogP) is 2.32. The van der Waals surface area contributed by atoms with Gasteiger partial charge in [0.2, 0.25) is 0 Å². The van der Waals surface area contributed by atoms with Gasteiger partial charge in [0.05, 0.1) is 5.92 Å². The zero-order valence-corrected chi connectivity index (χ0v) is 12.4. The van der Waals surface area contributed by atoms with Gasteiger partial charge in [-0.3, -0.25) is 4.79 Å². The van der Waals surface area contributed by atoms with E-state index in [2.05, 4.69) is 19.2 Å². The molecular formula is C14H26N2O3. The van der Waals surface area contributed by atoms with Crippen molar-refractivity contribution in [3.63, 3.8) is 0 Å². The van der Waals surface area contributed by atoms with Crippen LogP contribution < -0.4 is 5.32 Å². The highest BCUT2D eigenvalue weighted by molar-refractivity contribution is 5.76. The van der Waals surface area contributed by atoms with Crippen molar-refractivity contribution in [2.45, 2.75) is 53.0 Å². The molecule has 0 spiro atoms. The third kappa shape index (κ3) is 4.73. The molecule has 0 heterocycles. The van der Waals surface area contributed by atoms with Gasteiger partial charge >= 0.3 is 12.0 Å². The number of rotatable bonds is 5. The average Bonchev–Trinajstić information content (AvgIpc) is 2.64. The predicted molar refractivity (Wildman–Crippen MR) is 74.0 cm³/mol. The molecule has 0 aromatic heterocycles. The van der Waals surface area contributed by atoms with Gasteiger partial charge in [0.25, 0.3) is 0 Å². The number of nitrogens with zero attached hydrogens (tertiary/aromatic N) is 1. The summed E-state index contributed by atoms with van der Waals surface area (Å²) >= 11 is 0. The Labute approximate surface area is 115 Å². The van der Waals surface area contributed by atoms with Crippen molar-refractivity contribution >= 4 is 12.0 Å². The van der Waals surface area contributed by atoms with Crippen molar-refractivity contribution in [2.24, 2.45) is 11.3 Å². The first-order chi connectivity index (χ1) is 8.75. The van der Waals surface area contributed by atoms with E-state index in [0.29, 0.717) is 12.0 Å². The highest BCUT2D eigenvalue weighted by atomic mass is 16.4. The second-order valence-corrected chi connectivity index (χ2v) is 6.33. The Kier molecular flexibility index (Phi) is 5.20. The maximum Gasteiger partial charge on any atom is 0.317 e. The number of carbonyl (C=O) groups is 2. The van der Waals surface area contributed by atoms with Gasteiger partial charge in [0.15, 0.2) is 0 Å². The molecule has 0 aromatic rings. The Morgan fingerprint density at radius 3 is 2.53 bits per heavy atom. The molecule has 5 heteroatoms. The molecule has 0 saturated heterocycles. The smallest absolute Gasteiger partial charge is 0.317 e. The highest BCUT2D eigenvalue weighted by Crippen LogP contribution is 2.36. The van der Waals surface area contributed by atoms with E-state index < -0.39 is 11.9 Å². The molecule has 2 N–H and O–H groups in total. The molecule has 19 heavy (non-hydrogen) atoms. The first-order valence-corrected chi connectivity index (χ1v) is 7.03. The fourth-order valence-electron chi connectivity index (χ4n) is 2.59. The number of aliphatic carboxylic acids is 1. The third-order valence-electron chi connectivity index (χ3n) is 3.88. The highest BCUT2D eigenvalue weighted by Gasteiger charge is 2.32. The minimum Gasteiger partial charge on any atom is -0.481 e. The van der Waals surface area contributed by atoms with Crippen LogP contribution in [0.25, 0.3) is 0 Å². The van der Waals surface area contributed by atoms with Crippen LogP contribution in [0.2, 0.25) is 0 Å². The summed E-state index contributed by atoms with van der Waals surface area (Å²) in [5.74, 6) is -1.40. The quantitative estimate of drug-likeness (QED) is 0.805. The van der Waals surface area contributed by atoms with Crippen LogP contribution in [-0.2, 0) is 4.79 Å². The van der Waals surface area contributed by atoms with E-state index in [1.54, 1.807) is 11.8 Å². The molecule has 2 amide bonds. The van der Waals surface area contributed by atoms with Gasteiger partial charge in [-0.05, 0) is 31.6 Å². The zero-order chi connectivity index (χ0) is 14.6. The van der Waals surface area contributed by atoms with E-state index in [4.69, 9.17) is 5.11 Å². The van der Waals surface area contributed by atoms with Gasteiger partial charge in [-0.2, -0.15) is 0 Å². The Balaban J connectivity index is 2.48. The van der Waals surface area contributed by atoms with Gasteiger partial charge in [0.1, 0.15) is 0 Å². The molecule has 2 atom stereocenters. The molecule has 5 nitrogen and oxygen atoms in total. The largest absolute Gasteiger partial charge is 0.481 e. The lowest BCUT2D eigenvalue weighted by Gasteiger charge is -2.26. The number of carboxylic acids is 1. The van der Waals surface area contributed by atoms with Crippen LogP contribution in [0.1, 0.15) is 47.0 Å². The lowest BCUT2D eigenvalue weighted by atomic mass is 9.92. The lowest BCUT2D eigenvalue weighted by molar-refractivity contribution is -0.141. The lowest BCUT2D eigenvalue weighted by Crippen LogP contribution is -2.46. The van der Waals surface area contributed by atoms with Crippen LogP contribution in [0, 0.1) is 11.3 Å². The van der Waals surface area contributed by atoms with E-state index in [1.807, 2.05) is 6.92 Å². The molecule has 0 bridgehead atoms. The molecule has 0 aromatic carbocycles. The van der Waals surface area contributed by atoms with Crippen LogP contribution in [0.3, 0.4) is 0 Å². The maximum atomic E-state index is 12.1. The topological polar surface area (TPSA) is 69.6 Å². The molecule has 1 aliphatic rings. The monoisotopic (exact) mass is 270 g/mol. The first-order valence-electron chi connectivity index (χ1n) is 7.03. The third-order valence-corrected chi connectivity index (χ3v) is 3.88. The molecule has 110 valence electrons. The van der Waals surface area contributed by atoms with Crippen molar-refractivity contribution in [1.82, 2.24) is 10.2 Å². The summed E-state index contributed by atoms with van der Waals surface area (Å²) in [4.78, 5) is 24.5. The van der Waals surface area contributed by atoms with Crippen LogP contribution in [0.5, 0.6) is 0 Å². The number of carbonyl (C=O) groups excluding carboxylic acids is 1.